The zero-order valence-electron chi connectivity index (χ0n) is 20.6. The summed E-state index contributed by atoms with van der Waals surface area (Å²) in [7, 11) is 0. The van der Waals surface area contributed by atoms with Crippen LogP contribution in [0.1, 0.15) is 24.2 Å². The van der Waals surface area contributed by atoms with Crippen LogP contribution in [0.25, 0.3) is 28.5 Å². The molecule has 0 atom stereocenters. The highest BCUT2D eigenvalue weighted by atomic mass is 32.2. The third-order valence-corrected chi connectivity index (χ3v) is 7.52. The normalized spacial score (nSPS) is 17.5. The predicted octanol–water partition coefficient (Wildman–Crippen LogP) is 4.61. The zero-order valence-corrected chi connectivity index (χ0v) is 21.4. The largest absolute Gasteiger partial charge is 0.454 e. The van der Waals surface area contributed by atoms with Crippen LogP contribution >= 0.6 is 11.8 Å². The molecule has 2 amide bonds. The Labute approximate surface area is 223 Å². The Hall–Kier alpha value is -4.02. The number of hydrogen-bond acceptors (Lipinski definition) is 9. The second-order valence-corrected chi connectivity index (χ2v) is 10.4. The van der Waals surface area contributed by atoms with E-state index in [1.54, 1.807) is 18.3 Å². The van der Waals surface area contributed by atoms with E-state index >= 15 is 0 Å². The average Bonchev–Trinajstić information content (AvgIpc) is 3.51. The molecule has 38 heavy (non-hydrogen) atoms. The fourth-order valence-corrected chi connectivity index (χ4v) is 5.38. The van der Waals surface area contributed by atoms with Crippen molar-refractivity contribution in [1.82, 2.24) is 25.6 Å². The Morgan fingerprint density at radius 1 is 1.08 bits per heavy atom. The highest BCUT2D eigenvalue weighted by Gasteiger charge is 2.26. The number of nitrogens with zero attached hydrogens (tertiary/aromatic N) is 4. The van der Waals surface area contributed by atoms with Crippen LogP contribution in [-0.4, -0.2) is 45.7 Å². The number of carbonyl (C=O) groups is 2. The van der Waals surface area contributed by atoms with Crippen molar-refractivity contribution in [2.75, 3.05) is 24.5 Å². The van der Waals surface area contributed by atoms with Gasteiger partial charge in [-0.2, -0.15) is 0 Å². The smallest absolute Gasteiger partial charge is 0.290 e. The van der Waals surface area contributed by atoms with Crippen LogP contribution in [0.3, 0.4) is 0 Å². The van der Waals surface area contributed by atoms with Gasteiger partial charge in [0.25, 0.3) is 11.1 Å². The number of piperidine rings is 1. The standard InChI is InChI=1S/C28H26N6O3S/c35-26-25(38-28(36)33-26)15-20-8-11-30-27(32-20)34-12-9-18(10-13-34)16-29-17-21-5-3-6-22(31-21)24-14-19-4-1-2-7-23(19)37-24/h1-8,11,14-15,18,29H,9-10,12-13,16-17H2,(H,33,35,36)/b25-15-. The molecule has 0 unspecified atom stereocenters. The molecule has 2 saturated heterocycles. The minimum absolute atomic E-state index is 0.349. The predicted molar refractivity (Wildman–Crippen MR) is 147 cm³/mol. The van der Waals surface area contributed by atoms with Crippen LogP contribution in [0.15, 0.2) is 70.1 Å². The molecule has 0 radical (unpaired) electrons. The van der Waals surface area contributed by atoms with Crippen molar-refractivity contribution < 1.29 is 14.0 Å². The van der Waals surface area contributed by atoms with E-state index in [2.05, 4.69) is 25.5 Å². The van der Waals surface area contributed by atoms with Gasteiger partial charge in [0.05, 0.1) is 16.3 Å². The van der Waals surface area contributed by atoms with Crippen LogP contribution in [0, 0.1) is 5.92 Å². The molecule has 6 rings (SSSR count). The lowest BCUT2D eigenvalue weighted by atomic mass is 9.97. The number of benzene rings is 1. The van der Waals surface area contributed by atoms with E-state index in [9.17, 15) is 9.59 Å². The number of furan rings is 1. The topological polar surface area (TPSA) is 113 Å². The number of carbonyl (C=O) groups excluding carboxylic acids is 2. The molecule has 3 aromatic heterocycles. The van der Waals surface area contributed by atoms with Crippen molar-refractivity contribution in [2.24, 2.45) is 5.92 Å². The van der Waals surface area contributed by atoms with Gasteiger partial charge in [0.15, 0.2) is 5.76 Å². The molecule has 10 heteroatoms. The number of aromatic nitrogens is 3. The van der Waals surface area contributed by atoms with Crippen molar-refractivity contribution >= 4 is 45.9 Å². The number of thioether (sulfide) groups is 1. The second-order valence-electron chi connectivity index (χ2n) is 9.36. The Morgan fingerprint density at radius 2 is 1.95 bits per heavy atom. The van der Waals surface area contributed by atoms with E-state index in [0.29, 0.717) is 29.0 Å². The summed E-state index contributed by atoms with van der Waals surface area (Å²) in [5, 5.41) is 6.55. The average molecular weight is 527 g/mol. The third-order valence-electron chi connectivity index (χ3n) is 6.71. The first-order valence-corrected chi connectivity index (χ1v) is 13.4. The Morgan fingerprint density at radius 3 is 2.76 bits per heavy atom. The fraction of sp³-hybridized carbons (Fsp3) is 0.250. The maximum Gasteiger partial charge on any atom is 0.290 e. The summed E-state index contributed by atoms with van der Waals surface area (Å²) >= 11 is 0.888. The van der Waals surface area contributed by atoms with E-state index in [0.717, 1.165) is 72.4 Å². The molecule has 4 aromatic rings. The van der Waals surface area contributed by atoms with Gasteiger partial charge in [-0.3, -0.25) is 14.9 Å². The first-order valence-electron chi connectivity index (χ1n) is 12.6. The molecule has 0 saturated carbocycles. The first kappa shape index (κ1) is 24.3. The van der Waals surface area contributed by atoms with Crippen LogP contribution in [-0.2, 0) is 11.3 Å². The van der Waals surface area contributed by atoms with Crippen molar-refractivity contribution in [3.63, 3.8) is 0 Å². The van der Waals surface area contributed by atoms with Crippen LogP contribution in [0.5, 0.6) is 0 Å². The maximum absolute atomic E-state index is 11.8. The van der Waals surface area contributed by atoms with Gasteiger partial charge >= 0.3 is 0 Å². The van der Waals surface area contributed by atoms with E-state index in [4.69, 9.17) is 9.40 Å². The van der Waals surface area contributed by atoms with Gasteiger partial charge in [0.2, 0.25) is 5.95 Å². The number of fused-ring (bicyclic) bond motifs is 1. The number of para-hydroxylation sites is 1. The lowest BCUT2D eigenvalue weighted by Gasteiger charge is -2.32. The molecule has 2 fully saturated rings. The van der Waals surface area contributed by atoms with Gasteiger partial charge in [-0.05, 0) is 73.5 Å². The number of nitrogens with one attached hydrogen (secondary N) is 2. The highest BCUT2D eigenvalue weighted by Crippen LogP contribution is 2.27. The SMILES string of the molecule is O=C1NC(=O)/C(=C/c2ccnc(N3CCC(CNCc4cccc(-c5cc6ccccc6o5)n4)CC3)n2)S1. The summed E-state index contributed by atoms with van der Waals surface area (Å²) in [5.74, 6) is 1.60. The monoisotopic (exact) mass is 526 g/mol. The minimum Gasteiger partial charge on any atom is -0.454 e. The fourth-order valence-electron chi connectivity index (χ4n) is 4.71. The van der Waals surface area contributed by atoms with E-state index < -0.39 is 0 Å². The molecule has 2 N–H and O–H groups in total. The summed E-state index contributed by atoms with van der Waals surface area (Å²) in [5.41, 5.74) is 3.30. The van der Waals surface area contributed by atoms with Crippen molar-refractivity contribution in [2.45, 2.75) is 19.4 Å². The molecular weight excluding hydrogens is 500 g/mol. The summed E-state index contributed by atoms with van der Waals surface area (Å²) in [4.78, 5) is 39.5. The summed E-state index contributed by atoms with van der Waals surface area (Å²) < 4.78 is 5.97. The van der Waals surface area contributed by atoms with Gasteiger partial charge in [-0.25, -0.2) is 15.0 Å². The second kappa shape index (κ2) is 10.8. The number of pyridine rings is 1. The van der Waals surface area contributed by atoms with Crippen LogP contribution in [0.2, 0.25) is 0 Å². The molecule has 1 aromatic carbocycles. The number of imide groups is 1. The molecule has 0 bridgehead atoms. The summed E-state index contributed by atoms with van der Waals surface area (Å²) in [6.45, 7) is 3.33. The highest BCUT2D eigenvalue weighted by molar-refractivity contribution is 8.18. The number of anilines is 1. The number of hydrogen-bond donors (Lipinski definition) is 2. The van der Waals surface area contributed by atoms with Crippen LogP contribution < -0.4 is 15.5 Å². The first-order chi connectivity index (χ1) is 18.6. The molecule has 2 aliphatic rings. The van der Waals surface area contributed by atoms with E-state index in [-0.39, 0.29) is 11.1 Å². The van der Waals surface area contributed by atoms with E-state index in [1.807, 2.05) is 48.5 Å². The van der Waals surface area contributed by atoms with Crippen molar-refractivity contribution in [3.8, 4) is 11.5 Å². The molecular formula is C28H26N6O3S. The molecule has 5 heterocycles. The van der Waals surface area contributed by atoms with E-state index in [1.165, 1.54) is 0 Å². The Balaban J connectivity index is 1.01. The third kappa shape index (κ3) is 5.46. The summed E-state index contributed by atoms with van der Waals surface area (Å²) in [6.07, 6.45) is 5.37. The van der Waals surface area contributed by atoms with Gasteiger partial charge in [-0.1, -0.05) is 24.3 Å². The summed E-state index contributed by atoms with van der Waals surface area (Å²) in [6, 6.07) is 17.8. The van der Waals surface area contributed by atoms with Gasteiger partial charge < -0.3 is 14.6 Å². The minimum atomic E-state index is -0.384. The Kier molecular flexibility index (Phi) is 6.89. The molecule has 9 nitrogen and oxygen atoms in total. The van der Waals surface area contributed by atoms with Gasteiger partial charge in [0, 0.05) is 31.2 Å². The van der Waals surface area contributed by atoms with Crippen molar-refractivity contribution in [3.05, 3.63) is 77.1 Å². The molecule has 192 valence electrons. The molecule has 0 aliphatic carbocycles. The van der Waals surface area contributed by atoms with Gasteiger partial charge in [-0.15, -0.1) is 0 Å². The van der Waals surface area contributed by atoms with Crippen LogP contribution in [0.4, 0.5) is 10.7 Å². The molecule has 2 aliphatic heterocycles. The van der Waals surface area contributed by atoms with Gasteiger partial charge in [0.1, 0.15) is 11.3 Å². The molecule has 0 spiro atoms. The number of amides is 2. The zero-order chi connectivity index (χ0) is 25.9. The van der Waals surface area contributed by atoms with Crippen molar-refractivity contribution in [1.29, 1.82) is 0 Å². The lowest BCUT2D eigenvalue weighted by Crippen LogP contribution is -2.38. The number of rotatable bonds is 7. The Bertz CT molecular complexity index is 1490. The maximum atomic E-state index is 11.8. The lowest BCUT2D eigenvalue weighted by molar-refractivity contribution is -0.115. The quantitative estimate of drug-likeness (QED) is 0.333.